The fourth-order valence-electron chi connectivity index (χ4n) is 2.69. The van der Waals surface area contributed by atoms with Crippen molar-refractivity contribution in [1.29, 1.82) is 0 Å². The first kappa shape index (κ1) is 12.8. The van der Waals surface area contributed by atoms with Crippen molar-refractivity contribution in [2.45, 2.75) is 58.2 Å². The monoisotopic (exact) mass is 240 g/mol. The maximum absolute atomic E-state index is 12.2. The van der Waals surface area contributed by atoms with Gasteiger partial charge in [0.15, 0.2) is 0 Å². The van der Waals surface area contributed by atoms with Crippen molar-refractivity contribution >= 4 is 5.91 Å². The largest absolute Gasteiger partial charge is 0.378 e. The molecule has 0 radical (unpaired) electrons. The fraction of sp³-hybridized carbons (Fsp3) is 0.923. The Balaban J connectivity index is 1.83. The molecule has 2 unspecified atom stereocenters. The van der Waals surface area contributed by atoms with E-state index in [-0.39, 0.29) is 6.04 Å². The number of nitrogens with one attached hydrogen (secondary N) is 1. The van der Waals surface area contributed by atoms with Crippen LogP contribution in [0.3, 0.4) is 0 Å². The van der Waals surface area contributed by atoms with Crippen LogP contribution in [-0.4, -0.2) is 42.3 Å². The van der Waals surface area contributed by atoms with Gasteiger partial charge in [-0.2, -0.15) is 0 Å². The molecule has 2 atom stereocenters. The van der Waals surface area contributed by atoms with Crippen molar-refractivity contribution in [3.8, 4) is 0 Å². The summed E-state index contributed by atoms with van der Waals surface area (Å²) >= 11 is 0. The van der Waals surface area contributed by atoms with Gasteiger partial charge >= 0.3 is 0 Å². The average molecular weight is 240 g/mol. The van der Waals surface area contributed by atoms with Gasteiger partial charge in [-0.15, -0.1) is 0 Å². The minimum atomic E-state index is 0.0335. The molecule has 4 heteroatoms. The van der Waals surface area contributed by atoms with Crippen LogP contribution in [0.1, 0.15) is 40.0 Å². The van der Waals surface area contributed by atoms with Crippen LogP contribution >= 0.6 is 0 Å². The van der Waals surface area contributed by atoms with Crippen LogP contribution in [0.2, 0.25) is 0 Å². The lowest BCUT2D eigenvalue weighted by Gasteiger charge is -2.40. The molecular weight excluding hydrogens is 216 g/mol. The predicted octanol–water partition coefficient (Wildman–Crippen LogP) is 1.36. The molecule has 0 aromatic carbocycles. The summed E-state index contributed by atoms with van der Waals surface area (Å²) in [7, 11) is 0. The second-order valence-electron chi connectivity index (χ2n) is 5.24. The standard InChI is InChI=1S/C13H24N2O2/c1-4-9(3)12-13(16)15(8-14-12)10-6-11(7-10)17-5-2/h9-12,14H,4-8H2,1-3H3. The molecule has 1 N–H and O–H groups in total. The van der Waals surface area contributed by atoms with E-state index >= 15 is 0 Å². The lowest BCUT2D eigenvalue weighted by atomic mass is 9.87. The molecule has 0 aromatic rings. The molecule has 2 fully saturated rings. The van der Waals surface area contributed by atoms with E-state index in [9.17, 15) is 4.79 Å². The fourth-order valence-corrected chi connectivity index (χ4v) is 2.69. The van der Waals surface area contributed by atoms with E-state index in [0.717, 1.165) is 32.5 Å². The highest BCUT2D eigenvalue weighted by Gasteiger charge is 2.42. The number of carbonyl (C=O) groups excluding carboxylic acids is 1. The third-order valence-electron chi connectivity index (χ3n) is 4.16. The van der Waals surface area contributed by atoms with Gasteiger partial charge in [-0.3, -0.25) is 10.1 Å². The summed E-state index contributed by atoms with van der Waals surface area (Å²) in [5.74, 6) is 0.717. The smallest absolute Gasteiger partial charge is 0.241 e. The van der Waals surface area contributed by atoms with Crippen molar-refractivity contribution in [3.05, 3.63) is 0 Å². The van der Waals surface area contributed by atoms with Gasteiger partial charge in [-0.05, 0) is 25.7 Å². The van der Waals surface area contributed by atoms with Crippen LogP contribution in [0, 0.1) is 5.92 Å². The Kier molecular flexibility index (Phi) is 4.05. The number of carbonyl (C=O) groups is 1. The first-order valence-corrected chi connectivity index (χ1v) is 6.82. The first-order chi connectivity index (χ1) is 8.17. The zero-order valence-electron chi connectivity index (χ0n) is 11.1. The van der Waals surface area contributed by atoms with E-state index in [2.05, 4.69) is 19.2 Å². The molecule has 0 spiro atoms. The van der Waals surface area contributed by atoms with Crippen LogP contribution in [0.15, 0.2) is 0 Å². The Morgan fingerprint density at radius 3 is 2.76 bits per heavy atom. The van der Waals surface area contributed by atoms with E-state index in [1.54, 1.807) is 0 Å². The molecular formula is C13H24N2O2. The second kappa shape index (κ2) is 5.36. The van der Waals surface area contributed by atoms with Crippen molar-refractivity contribution in [1.82, 2.24) is 10.2 Å². The molecule has 1 saturated heterocycles. The first-order valence-electron chi connectivity index (χ1n) is 6.82. The molecule has 2 aliphatic rings. The molecule has 0 bridgehead atoms. The zero-order chi connectivity index (χ0) is 12.4. The Bertz CT molecular complexity index is 277. The van der Waals surface area contributed by atoms with E-state index < -0.39 is 0 Å². The van der Waals surface area contributed by atoms with Crippen molar-refractivity contribution in [2.24, 2.45) is 5.92 Å². The van der Waals surface area contributed by atoms with Crippen molar-refractivity contribution in [3.63, 3.8) is 0 Å². The molecule has 98 valence electrons. The van der Waals surface area contributed by atoms with E-state index in [1.807, 2.05) is 11.8 Å². The molecule has 0 aromatic heterocycles. The van der Waals surface area contributed by atoms with Crippen LogP contribution in [0.5, 0.6) is 0 Å². The summed E-state index contributed by atoms with van der Waals surface area (Å²) in [5.41, 5.74) is 0. The van der Waals surface area contributed by atoms with Gasteiger partial charge in [0, 0.05) is 12.6 Å². The van der Waals surface area contributed by atoms with Gasteiger partial charge in [0.2, 0.25) is 5.91 Å². The number of rotatable bonds is 5. The van der Waals surface area contributed by atoms with Gasteiger partial charge in [-0.1, -0.05) is 20.3 Å². The summed E-state index contributed by atoms with van der Waals surface area (Å²) < 4.78 is 5.54. The Labute approximate surface area is 104 Å². The summed E-state index contributed by atoms with van der Waals surface area (Å²) in [4.78, 5) is 14.2. The normalized spacial score (nSPS) is 34.9. The SMILES string of the molecule is CCOC1CC(N2CNC(C(C)CC)C2=O)C1. The van der Waals surface area contributed by atoms with Gasteiger partial charge in [0.1, 0.15) is 0 Å². The predicted molar refractivity (Wildman–Crippen MR) is 66.5 cm³/mol. The lowest BCUT2D eigenvalue weighted by Crippen LogP contribution is -2.50. The maximum atomic E-state index is 12.2. The van der Waals surface area contributed by atoms with Crippen molar-refractivity contribution in [2.75, 3.05) is 13.3 Å². The molecule has 4 nitrogen and oxygen atoms in total. The summed E-state index contributed by atoms with van der Waals surface area (Å²) in [6.45, 7) is 7.80. The number of amides is 1. The highest BCUT2D eigenvalue weighted by atomic mass is 16.5. The molecule has 1 aliphatic heterocycles. The minimum absolute atomic E-state index is 0.0335. The number of hydrogen-bond acceptors (Lipinski definition) is 3. The highest BCUT2D eigenvalue weighted by Crippen LogP contribution is 2.30. The van der Waals surface area contributed by atoms with Crippen molar-refractivity contribution < 1.29 is 9.53 Å². The molecule has 2 rings (SSSR count). The average Bonchev–Trinajstić information content (AvgIpc) is 2.64. The summed E-state index contributed by atoms with van der Waals surface area (Å²) in [6, 6.07) is 0.437. The summed E-state index contributed by atoms with van der Waals surface area (Å²) in [6.07, 6.45) is 3.44. The minimum Gasteiger partial charge on any atom is -0.378 e. The van der Waals surface area contributed by atoms with Crippen LogP contribution in [-0.2, 0) is 9.53 Å². The molecule has 1 aliphatic carbocycles. The Hall–Kier alpha value is -0.610. The third-order valence-corrected chi connectivity index (χ3v) is 4.16. The number of hydrogen-bond donors (Lipinski definition) is 1. The Morgan fingerprint density at radius 1 is 1.47 bits per heavy atom. The molecule has 1 saturated carbocycles. The highest BCUT2D eigenvalue weighted by molar-refractivity contribution is 5.84. The van der Waals surface area contributed by atoms with Gasteiger partial charge in [0.25, 0.3) is 0 Å². The topological polar surface area (TPSA) is 41.6 Å². The van der Waals surface area contributed by atoms with Gasteiger partial charge in [-0.25, -0.2) is 0 Å². The third kappa shape index (κ3) is 2.47. The molecule has 1 heterocycles. The molecule has 1 amide bonds. The zero-order valence-corrected chi connectivity index (χ0v) is 11.1. The van der Waals surface area contributed by atoms with E-state index in [1.165, 1.54) is 0 Å². The number of nitrogens with zero attached hydrogens (tertiary/aromatic N) is 1. The Morgan fingerprint density at radius 2 is 2.18 bits per heavy atom. The summed E-state index contributed by atoms with van der Waals surface area (Å²) in [5, 5.41) is 3.34. The lowest BCUT2D eigenvalue weighted by molar-refractivity contribution is -0.136. The van der Waals surface area contributed by atoms with E-state index in [0.29, 0.717) is 24.0 Å². The maximum Gasteiger partial charge on any atom is 0.241 e. The van der Waals surface area contributed by atoms with Crippen LogP contribution in [0.4, 0.5) is 0 Å². The van der Waals surface area contributed by atoms with Gasteiger partial charge in [0.05, 0.1) is 18.8 Å². The number of ether oxygens (including phenoxy) is 1. The quantitative estimate of drug-likeness (QED) is 0.789. The molecule has 17 heavy (non-hydrogen) atoms. The van der Waals surface area contributed by atoms with E-state index in [4.69, 9.17) is 4.74 Å². The second-order valence-corrected chi connectivity index (χ2v) is 5.24. The van der Waals surface area contributed by atoms with Crippen LogP contribution in [0.25, 0.3) is 0 Å². The van der Waals surface area contributed by atoms with Crippen LogP contribution < -0.4 is 5.32 Å². The van der Waals surface area contributed by atoms with Gasteiger partial charge < -0.3 is 9.64 Å².